The Kier molecular flexibility index (Phi) is 5.16. The van der Waals surface area contributed by atoms with Gasteiger partial charge in [-0.25, -0.2) is 4.79 Å². The molecule has 0 aliphatic heterocycles. The molecule has 2 rings (SSSR count). The number of amides is 2. The molecule has 0 radical (unpaired) electrons. The number of hydrogen-bond donors (Lipinski definition) is 3. The van der Waals surface area contributed by atoms with Crippen LogP contribution in [0.1, 0.15) is 27.6 Å². The minimum absolute atomic E-state index is 0.0248. The first-order valence-corrected chi connectivity index (χ1v) is 7.07. The first-order valence-electron chi connectivity index (χ1n) is 7.07. The van der Waals surface area contributed by atoms with Gasteiger partial charge in [0.25, 0.3) is 5.91 Å². The number of primary amides is 1. The number of benzene rings is 2. The number of aromatic hydroxyl groups is 1. The fraction of sp³-hybridized carbons (Fsp3) is 0.118. The highest BCUT2D eigenvalue weighted by atomic mass is 16.5. The van der Waals surface area contributed by atoms with Crippen LogP contribution in [0.15, 0.2) is 48.5 Å². The Morgan fingerprint density at radius 2 is 1.54 bits per heavy atom. The van der Waals surface area contributed by atoms with E-state index in [1.54, 1.807) is 0 Å². The quantitative estimate of drug-likeness (QED) is 0.721. The van der Waals surface area contributed by atoms with Gasteiger partial charge in [0.15, 0.2) is 6.10 Å². The van der Waals surface area contributed by atoms with Gasteiger partial charge in [-0.05, 0) is 55.5 Å². The highest BCUT2D eigenvalue weighted by Gasteiger charge is 2.19. The van der Waals surface area contributed by atoms with Gasteiger partial charge < -0.3 is 20.9 Å². The van der Waals surface area contributed by atoms with Gasteiger partial charge in [0.05, 0.1) is 5.56 Å². The summed E-state index contributed by atoms with van der Waals surface area (Å²) in [5, 5.41) is 11.7. The number of carbonyl (C=O) groups is 3. The van der Waals surface area contributed by atoms with Crippen molar-refractivity contribution < 1.29 is 24.2 Å². The monoisotopic (exact) mass is 328 g/mol. The molecule has 0 spiro atoms. The number of phenolic OH excluding ortho intramolecular Hbond substituents is 1. The first-order chi connectivity index (χ1) is 11.4. The molecule has 0 bridgehead atoms. The Bertz CT molecular complexity index is 754. The van der Waals surface area contributed by atoms with Crippen molar-refractivity contribution >= 4 is 23.5 Å². The van der Waals surface area contributed by atoms with Crippen LogP contribution in [0.5, 0.6) is 5.75 Å². The van der Waals surface area contributed by atoms with Crippen molar-refractivity contribution in [2.75, 3.05) is 5.32 Å². The van der Waals surface area contributed by atoms with Crippen LogP contribution in [0.3, 0.4) is 0 Å². The molecule has 0 fully saturated rings. The topological polar surface area (TPSA) is 119 Å². The van der Waals surface area contributed by atoms with Gasteiger partial charge in [-0.15, -0.1) is 0 Å². The van der Waals surface area contributed by atoms with Gasteiger partial charge >= 0.3 is 5.97 Å². The Morgan fingerprint density at radius 1 is 1.00 bits per heavy atom. The zero-order chi connectivity index (χ0) is 17.7. The third-order valence-electron chi connectivity index (χ3n) is 3.19. The second-order valence-electron chi connectivity index (χ2n) is 5.03. The maximum Gasteiger partial charge on any atom is 0.338 e. The Morgan fingerprint density at radius 3 is 2.08 bits per heavy atom. The average molecular weight is 328 g/mol. The molecule has 7 heteroatoms. The summed E-state index contributed by atoms with van der Waals surface area (Å²) in [5.41, 5.74) is 6.12. The van der Waals surface area contributed by atoms with Crippen LogP contribution < -0.4 is 11.1 Å². The van der Waals surface area contributed by atoms with Crippen molar-refractivity contribution in [2.45, 2.75) is 13.0 Å². The summed E-state index contributed by atoms with van der Waals surface area (Å²) < 4.78 is 5.07. The number of anilines is 1. The van der Waals surface area contributed by atoms with Crippen molar-refractivity contribution in [3.05, 3.63) is 59.7 Å². The number of hydrogen-bond acceptors (Lipinski definition) is 5. The summed E-state index contributed by atoms with van der Waals surface area (Å²) in [4.78, 5) is 34.9. The van der Waals surface area contributed by atoms with Crippen LogP contribution >= 0.6 is 0 Å². The molecule has 2 amide bonds. The fourth-order valence-corrected chi connectivity index (χ4v) is 1.84. The van der Waals surface area contributed by atoms with Crippen molar-refractivity contribution in [1.82, 2.24) is 0 Å². The van der Waals surface area contributed by atoms with E-state index in [1.165, 1.54) is 55.5 Å². The summed E-state index contributed by atoms with van der Waals surface area (Å²) in [6.07, 6.45) is -1.03. The Balaban J connectivity index is 1.95. The molecule has 0 unspecified atom stereocenters. The van der Waals surface area contributed by atoms with E-state index in [0.717, 1.165) is 0 Å². The van der Waals surface area contributed by atoms with E-state index >= 15 is 0 Å². The largest absolute Gasteiger partial charge is 0.508 e. The molecule has 7 nitrogen and oxygen atoms in total. The van der Waals surface area contributed by atoms with Gasteiger partial charge in [-0.1, -0.05) is 0 Å². The van der Waals surface area contributed by atoms with Crippen LogP contribution in [0, 0.1) is 0 Å². The second-order valence-corrected chi connectivity index (χ2v) is 5.03. The van der Waals surface area contributed by atoms with Gasteiger partial charge in [-0.2, -0.15) is 0 Å². The predicted octanol–water partition coefficient (Wildman–Crippen LogP) is 1.68. The molecular weight excluding hydrogens is 312 g/mol. The minimum Gasteiger partial charge on any atom is -0.508 e. The molecule has 0 aromatic heterocycles. The maximum atomic E-state index is 12.0. The van der Waals surface area contributed by atoms with E-state index in [9.17, 15) is 19.5 Å². The molecule has 2 aromatic carbocycles. The van der Waals surface area contributed by atoms with Crippen LogP contribution in [0.4, 0.5) is 5.69 Å². The molecule has 0 heterocycles. The standard InChI is InChI=1S/C17H16N2O5/c1-10(24-17(23)12-4-8-14(20)9-5-12)16(22)19-13-6-2-11(3-7-13)15(18)21/h2-10,20H,1H3,(H2,18,21)(H,19,22)/t10-/m1/s1. The molecule has 0 aliphatic carbocycles. The lowest BCUT2D eigenvalue weighted by Gasteiger charge is -2.13. The van der Waals surface area contributed by atoms with Crippen molar-refractivity contribution in [3.8, 4) is 5.75 Å². The molecule has 2 aromatic rings. The van der Waals surface area contributed by atoms with Gasteiger partial charge in [0.1, 0.15) is 5.75 Å². The molecule has 0 aliphatic rings. The van der Waals surface area contributed by atoms with Crippen molar-refractivity contribution in [2.24, 2.45) is 5.73 Å². The highest BCUT2D eigenvalue weighted by Crippen LogP contribution is 2.13. The van der Waals surface area contributed by atoms with Gasteiger partial charge in [-0.3, -0.25) is 9.59 Å². The summed E-state index contributed by atoms with van der Waals surface area (Å²) in [6.45, 7) is 1.44. The number of nitrogens with one attached hydrogen (secondary N) is 1. The molecule has 4 N–H and O–H groups in total. The zero-order valence-corrected chi connectivity index (χ0v) is 12.9. The summed E-state index contributed by atoms with van der Waals surface area (Å²) in [6, 6.07) is 11.5. The van der Waals surface area contributed by atoms with E-state index in [-0.39, 0.29) is 11.3 Å². The van der Waals surface area contributed by atoms with Crippen molar-refractivity contribution in [3.63, 3.8) is 0 Å². The zero-order valence-electron chi connectivity index (χ0n) is 12.9. The van der Waals surface area contributed by atoms with Crippen LogP contribution in [-0.4, -0.2) is 29.0 Å². The third-order valence-corrected chi connectivity index (χ3v) is 3.19. The second kappa shape index (κ2) is 7.28. The number of ether oxygens (including phenoxy) is 1. The van der Waals surface area contributed by atoms with E-state index in [1.807, 2.05) is 0 Å². The van der Waals surface area contributed by atoms with E-state index in [0.29, 0.717) is 11.3 Å². The summed E-state index contributed by atoms with van der Waals surface area (Å²) >= 11 is 0. The van der Waals surface area contributed by atoms with Gasteiger partial charge in [0, 0.05) is 11.3 Å². The summed E-state index contributed by atoms with van der Waals surface area (Å²) in [5.74, 6) is -1.74. The maximum absolute atomic E-state index is 12.0. The SMILES string of the molecule is C[C@@H](OC(=O)c1ccc(O)cc1)C(=O)Nc1ccc(C(N)=O)cc1. The van der Waals surface area contributed by atoms with E-state index in [2.05, 4.69) is 5.32 Å². The minimum atomic E-state index is -1.03. The van der Waals surface area contributed by atoms with Crippen LogP contribution in [-0.2, 0) is 9.53 Å². The average Bonchev–Trinajstić information content (AvgIpc) is 2.55. The van der Waals surface area contributed by atoms with Crippen LogP contribution in [0.2, 0.25) is 0 Å². The smallest absolute Gasteiger partial charge is 0.338 e. The number of carbonyl (C=O) groups excluding carboxylic acids is 3. The first kappa shape index (κ1) is 17.0. The molecule has 0 saturated carbocycles. The number of nitrogens with two attached hydrogens (primary N) is 1. The number of phenols is 1. The van der Waals surface area contributed by atoms with Crippen molar-refractivity contribution in [1.29, 1.82) is 0 Å². The predicted molar refractivity (Wildman–Crippen MR) is 86.6 cm³/mol. The third kappa shape index (κ3) is 4.33. The Labute approximate surface area is 138 Å². The molecule has 1 atom stereocenters. The van der Waals surface area contributed by atoms with E-state index in [4.69, 9.17) is 10.5 Å². The number of rotatable bonds is 5. The molecule has 0 saturated heterocycles. The Hall–Kier alpha value is -3.35. The van der Waals surface area contributed by atoms with Gasteiger partial charge in [0.2, 0.25) is 5.91 Å². The molecule has 24 heavy (non-hydrogen) atoms. The lowest BCUT2D eigenvalue weighted by molar-refractivity contribution is -0.123. The van der Waals surface area contributed by atoms with E-state index < -0.39 is 23.9 Å². The normalized spacial score (nSPS) is 11.4. The fourth-order valence-electron chi connectivity index (χ4n) is 1.84. The highest BCUT2D eigenvalue weighted by molar-refractivity contribution is 5.98. The lowest BCUT2D eigenvalue weighted by atomic mass is 10.2. The molecule has 124 valence electrons. The number of esters is 1. The van der Waals surface area contributed by atoms with Crippen LogP contribution in [0.25, 0.3) is 0 Å². The summed E-state index contributed by atoms with van der Waals surface area (Å²) in [7, 11) is 0. The molecular formula is C17H16N2O5. The lowest BCUT2D eigenvalue weighted by Crippen LogP contribution is -2.30.